The predicted octanol–water partition coefficient (Wildman–Crippen LogP) is 2.04. The highest BCUT2D eigenvalue weighted by atomic mass is 35.5. The summed E-state index contributed by atoms with van der Waals surface area (Å²) in [6, 6.07) is 1.47. The van der Waals surface area contributed by atoms with Gasteiger partial charge in [-0.05, 0) is 6.07 Å². The van der Waals surface area contributed by atoms with Gasteiger partial charge in [0, 0.05) is 12.4 Å². The lowest BCUT2D eigenvalue weighted by atomic mass is 10.3. The Morgan fingerprint density at radius 2 is 2.42 bits per heavy atom. The molecule has 0 bridgehead atoms. The van der Waals surface area contributed by atoms with Crippen LogP contribution in [0.2, 0.25) is 5.02 Å². The lowest BCUT2D eigenvalue weighted by Gasteiger charge is -1.97. The van der Waals surface area contributed by atoms with Crippen molar-refractivity contribution in [3.63, 3.8) is 0 Å². The average molecular weight is 184 g/mol. The van der Waals surface area contributed by atoms with Gasteiger partial charge >= 0.3 is 5.97 Å². The van der Waals surface area contributed by atoms with E-state index < -0.39 is 5.97 Å². The molecule has 0 spiro atoms. The number of esters is 1. The molecule has 0 radical (unpaired) electrons. The van der Waals surface area contributed by atoms with Crippen LogP contribution in [-0.4, -0.2) is 11.0 Å². The second-order valence-electron chi connectivity index (χ2n) is 1.96. The Kier molecular flexibility index (Phi) is 2.82. The zero-order chi connectivity index (χ0) is 8.97. The molecule has 0 aliphatic rings. The minimum Gasteiger partial charge on any atom is -0.431 e. The minimum absolute atomic E-state index is 0.308. The lowest BCUT2D eigenvalue weighted by Crippen LogP contribution is -2.00. The summed E-state index contributed by atoms with van der Waals surface area (Å²) in [5, 5.41) is 0.397. The third-order valence-electron chi connectivity index (χ3n) is 1.13. The number of pyridine rings is 1. The molecule has 0 saturated heterocycles. The Hall–Kier alpha value is -1.35. The number of hydrogen-bond acceptors (Lipinski definition) is 3. The molecular formula is C8H6ClNO2. The van der Waals surface area contributed by atoms with Gasteiger partial charge in [0.1, 0.15) is 0 Å². The van der Waals surface area contributed by atoms with E-state index in [0.717, 1.165) is 6.26 Å². The van der Waals surface area contributed by atoms with Crippen LogP contribution in [0, 0.1) is 0 Å². The molecule has 62 valence electrons. The van der Waals surface area contributed by atoms with Crippen molar-refractivity contribution in [1.82, 2.24) is 4.98 Å². The zero-order valence-electron chi connectivity index (χ0n) is 6.16. The summed E-state index contributed by atoms with van der Waals surface area (Å²) >= 11 is 5.59. The van der Waals surface area contributed by atoms with E-state index in [-0.39, 0.29) is 0 Å². The van der Waals surface area contributed by atoms with Gasteiger partial charge in [0.15, 0.2) is 0 Å². The average Bonchev–Trinajstić information content (AvgIpc) is 2.05. The van der Waals surface area contributed by atoms with E-state index >= 15 is 0 Å². The molecule has 0 N–H and O–H groups in total. The molecule has 1 rings (SSSR count). The molecule has 0 unspecified atom stereocenters. The SMILES string of the molecule is C=COC(=O)c1cncc(Cl)c1. The summed E-state index contributed by atoms with van der Waals surface area (Å²) < 4.78 is 4.51. The summed E-state index contributed by atoms with van der Waals surface area (Å²) in [6.07, 6.45) is 3.87. The molecule has 3 nitrogen and oxygen atoms in total. The first kappa shape index (κ1) is 8.74. The van der Waals surface area contributed by atoms with Crippen molar-refractivity contribution in [3.05, 3.63) is 41.9 Å². The van der Waals surface area contributed by atoms with E-state index in [1.807, 2.05) is 0 Å². The van der Waals surface area contributed by atoms with Crippen LogP contribution in [-0.2, 0) is 4.74 Å². The second kappa shape index (κ2) is 3.88. The number of ether oxygens (including phenoxy) is 1. The molecule has 0 amide bonds. The molecule has 1 heterocycles. The van der Waals surface area contributed by atoms with Gasteiger partial charge in [0.25, 0.3) is 0 Å². The normalized spacial score (nSPS) is 9.08. The summed E-state index contributed by atoms with van der Waals surface area (Å²) in [6.45, 7) is 3.25. The van der Waals surface area contributed by atoms with Crippen LogP contribution in [0.1, 0.15) is 10.4 Å². The van der Waals surface area contributed by atoms with Gasteiger partial charge in [-0.25, -0.2) is 4.79 Å². The molecule has 1 aromatic heterocycles. The maximum absolute atomic E-state index is 11.0. The Bertz CT molecular complexity index is 312. The molecule has 1 aromatic rings. The topological polar surface area (TPSA) is 39.2 Å². The molecule has 0 aliphatic heterocycles. The van der Waals surface area contributed by atoms with Gasteiger partial charge in [-0.3, -0.25) is 4.98 Å². The van der Waals surface area contributed by atoms with E-state index in [4.69, 9.17) is 11.6 Å². The van der Waals surface area contributed by atoms with E-state index in [1.54, 1.807) is 0 Å². The lowest BCUT2D eigenvalue weighted by molar-refractivity contribution is 0.0664. The Balaban J connectivity index is 2.87. The van der Waals surface area contributed by atoms with E-state index in [9.17, 15) is 4.79 Å². The number of carbonyl (C=O) groups is 1. The second-order valence-corrected chi connectivity index (χ2v) is 2.40. The predicted molar refractivity (Wildman–Crippen MR) is 44.9 cm³/mol. The van der Waals surface area contributed by atoms with Crippen molar-refractivity contribution in [3.8, 4) is 0 Å². The molecule has 0 fully saturated rings. The van der Waals surface area contributed by atoms with E-state index in [0.29, 0.717) is 10.6 Å². The van der Waals surface area contributed by atoms with Crippen LogP contribution in [0.25, 0.3) is 0 Å². The fraction of sp³-hybridized carbons (Fsp3) is 0. The largest absolute Gasteiger partial charge is 0.431 e. The van der Waals surface area contributed by atoms with Crippen LogP contribution in [0.4, 0.5) is 0 Å². The highest BCUT2D eigenvalue weighted by molar-refractivity contribution is 6.30. The van der Waals surface area contributed by atoms with Crippen molar-refractivity contribution < 1.29 is 9.53 Å². The number of rotatable bonds is 2. The third kappa shape index (κ3) is 2.07. The monoisotopic (exact) mass is 183 g/mol. The maximum atomic E-state index is 11.0. The van der Waals surface area contributed by atoms with Crippen LogP contribution in [0.15, 0.2) is 31.3 Å². The van der Waals surface area contributed by atoms with Gasteiger partial charge in [-0.1, -0.05) is 18.2 Å². The van der Waals surface area contributed by atoms with Gasteiger partial charge in [0.2, 0.25) is 0 Å². The standard InChI is InChI=1S/C8H6ClNO2/c1-2-12-8(11)6-3-7(9)5-10-4-6/h2-5H,1H2. The van der Waals surface area contributed by atoms with E-state index in [2.05, 4.69) is 16.3 Å². The summed E-state index contributed by atoms with van der Waals surface area (Å²) in [4.78, 5) is 14.7. The molecule has 12 heavy (non-hydrogen) atoms. The fourth-order valence-electron chi connectivity index (χ4n) is 0.667. The number of halogens is 1. The van der Waals surface area contributed by atoms with Gasteiger partial charge < -0.3 is 4.74 Å². The van der Waals surface area contributed by atoms with Crippen LogP contribution in [0.3, 0.4) is 0 Å². The Morgan fingerprint density at radius 1 is 1.67 bits per heavy atom. The van der Waals surface area contributed by atoms with Crippen molar-refractivity contribution in [2.75, 3.05) is 0 Å². The van der Waals surface area contributed by atoms with Crippen molar-refractivity contribution in [2.45, 2.75) is 0 Å². The molecule has 4 heteroatoms. The van der Waals surface area contributed by atoms with Crippen molar-refractivity contribution in [2.24, 2.45) is 0 Å². The van der Waals surface area contributed by atoms with Crippen LogP contribution in [0.5, 0.6) is 0 Å². The molecule has 0 saturated carbocycles. The molecule has 0 atom stereocenters. The summed E-state index contributed by atoms with van der Waals surface area (Å²) in [5.74, 6) is -0.514. The minimum atomic E-state index is -0.514. The summed E-state index contributed by atoms with van der Waals surface area (Å²) in [7, 11) is 0. The number of carbonyl (C=O) groups excluding carboxylic acids is 1. The fourth-order valence-corrected chi connectivity index (χ4v) is 0.841. The first-order valence-electron chi connectivity index (χ1n) is 3.16. The van der Waals surface area contributed by atoms with Gasteiger partial charge in [0.05, 0.1) is 16.8 Å². The third-order valence-corrected chi connectivity index (χ3v) is 1.34. The molecular weight excluding hydrogens is 178 g/mol. The number of nitrogens with zero attached hydrogens (tertiary/aromatic N) is 1. The quantitative estimate of drug-likeness (QED) is 0.520. The summed E-state index contributed by atoms with van der Waals surface area (Å²) in [5.41, 5.74) is 0.308. The number of hydrogen-bond donors (Lipinski definition) is 0. The zero-order valence-corrected chi connectivity index (χ0v) is 6.91. The highest BCUT2D eigenvalue weighted by Gasteiger charge is 2.05. The Labute approximate surface area is 74.6 Å². The number of aromatic nitrogens is 1. The molecule has 0 aromatic carbocycles. The van der Waals surface area contributed by atoms with Crippen LogP contribution >= 0.6 is 11.6 Å². The van der Waals surface area contributed by atoms with Crippen molar-refractivity contribution in [1.29, 1.82) is 0 Å². The maximum Gasteiger partial charge on any atom is 0.344 e. The Morgan fingerprint density at radius 3 is 3.00 bits per heavy atom. The van der Waals surface area contributed by atoms with E-state index in [1.165, 1.54) is 18.5 Å². The highest BCUT2D eigenvalue weighted by Crippen LogP contribution is 2.09. The van der Waals surface area contributed by atoms with Gasteiger partial charge in [-0.15, -0.1) is 0 Å². The van der Waals surface area contributed by atoms with Crippen molar-refractivity contribution >= 4 is 17.6 Å². The smallest absolute Gasteiger partial charge is 0.344 e. The van der Waals surface area contributed by atoms with Crippen LogP contribution < -0.4 is 0 Å². The molecule has 0 aliphatic carbocycles. The first-order chi connectivity index (χ1) is 5.74. The first-order valence-corrected chi connectivity index (χ1v) is 3.54. The van der Waals surface area contributed by atoms with Gasteiger partial charge in [-0.2, -0.15) is 0 Å².